The quantitative estimate of drug-likeness (QED) is 0.626. The van der Waals surface area contributed by atoms with E-state index in [0.717, 1.165) is 25.5 Å². The van der Waals surface area contributed by atoms with Gasteiger partial charge in [-0.2, -0.15) is 0 Å². The Hall–Kier alpha value is -0.0800. The average molecular weight is 143 g/mol. The van der Waals surface area contributed by atoms with E-state index >= 15 is 0 Å². The van der Waals surface area contributed by atoms with Crippen LogP contribution in [0.4, 0.5) is 0 Å². The summed E-state index contributed by atoms with van der Waals surface area (Å²) in [6.45, 7) is 3.79. The first-order valence-electron chi connectivity index (χ1n) is 4.14. The molecule has 2 N–H and O–H groups in total. The predicted octanol–water partition coefficient (Wildman–Crippen LogP) is 1.15. The minimum atomic E-state index is 0.366. The lowest BCUT2D eigenvalue weighted by atomic mass is 10.3. The zero-order valence-electron chi connectivity index (χ0n) is 6.68. The molecule has 0 heterocycles. The summed E-state index contributed by atoms with van der Waals surface area (Å²) in [5.74, 6) is 0.875. The summed E-state index contributed by atoms with van der Waals surface area (Å²) >= 11 is 0. The van der Waals surface area contributed by atoms with Gasteiger partial charge in [-0.1, -0.05) is 0 Å². The molecule has 0 saturated heterocycles. The number of hydrogen-bond donors (Lipinski definition) is 1. The smallest absolute Gasteiger partial charge is 0.0559 e. The van der Waals surface area contributed by atoms with Gasteiger partial charge in [0.2, 0.25) is 0 Å². The highest BCUT2D eigenvalue weighted by Crippen LogP contribution is 2.29. The first-order valence-corrected chi connectivity index (χ1v) is 4.14. The maximum atomic E-state index is 5.53. The van der Waals surface area contributed by atoms with Gasteiger partial charge in [-0.15, -0.1) is 0 Å². The molecule has 0 bridgehead atoms. The standard InChI is InChI=1S/C8H17NO/c1-7(4-5-9)10-6-8-2-3-8/h7-8H,2-6,9H2,1H3. The summed E-state index contributed by atoms with van der Waals surface area (Å²) in [4.78, 5) is 0. The van der Waals surface area contributed by atoms with Crippen LogP contribution in [0.15, 0.2) is 0 Å². The van der Waals surface area contributed by atoms with E-state index in [2.05, 4.69) is 6.92 Å². The van der Waals surface area contributed by atoms with Crippen LogP contribution in [0.25, 0.3) is 0 Å². The summed E-state index contributed by atoms with van der Waals surface area (Å²) in [5, 5.41) is 0. The van der Waals surface area contributed by atoms with Crippen molar-refractivity contribution in [2.75, 3.05) is 13.2 Å². The van der Waals surface area contributed by atoms with Crippen molar-refractivity contribution >= 4 is 0 Å². The topological polar surface area (TPSA) is 35.2 Å². The molecule has 60 valence electrons. The van der Waals surface area contributed by atoms with Crippen molar-refractivity contribution in [3.05, 3.63) is 0 Å². The van der Waals surface area contributed by atoms with Crippen LogP contribution in [0, 0.1) is 5.92 Å². The van der Waals surface area contributed by atoms with Crippen molar-refractivity contribution in [3.63, 3.8) is 0 Å². The Balaban J connectivity index is 1.89. The molecule has 0 radical (unpaired) electrons. The SMILES string of the molecule is CC(CCN)OCC1CC1. The molecule has 1 fully saturated rings. The molecule has 0 amide bonds. The lowest BCUT2D eigenvalue weighted by Gasteiger charge is -2.10. The molecule has 0 aliphatic heterocycles. The van der Waals surface area contributed by atoms with E-state index in [1.165, 1.54) is 12.8 Å². The monoisotopic (exact) mass is 143 g/mol. The fourth-order valence-corrected chi connectivity index (χ4v) is 0.903. The minimum Gasteiger partial charge on any atom is -0.378 e. The van der Waals surface area contributed by atoms with E-state index in [4.69, 9.17) is 10.5 Å². The normalized spacial score (nSPS) is 21.0. The Bertz CT molecular complexity index is 91.3. The lowest BCUT2D eigenvalue weighted by molar-refractivity contribution is 0.0545. The van der Waals surface area contributed by atoms with Crippen molar-refractivity contribution in [2.24, 2.45) is 11.7 Å². The van der Waals surface area contributed by atoms with E-state index in [-0.39, 0.29) is 0 Å². The second kappa shape index (κ2) is 3.94. The minimum absolute atomic E-state index is 0.366. The van der Waals surface area contributed by atoms with Crippen molar-refractivity contribution in [1.29, 1.82) is 0 Å². The molecule has 1 atom stereocenters. The van der Waals surface area contributed by atoms with E-state index in [9.17, 15) is 0 Å². The van der Waals surface area contributed by atoms with Gasteiger partial charge in [-0.3, -0.25) is 0 Å². The zero-order valence-corrected chi connectivity index (χ0v) is 6.68. The van der Waals surface area contributed by atoms with Crippen molar-refractivity contribution < 1.29 is 4.74 Å². The molecule has 1 aliphatic rings. The van der Waals surface area contributed by atoms with Gasteiger partial charge < -0.3 is 10.5 Å². The second-order valence-electron chi connectivity index (χ2n) is 3.16. The van der Waals surface area contributed by atoms with E-state index in [1.807, 2.05) is 0 Å². The van der Waals surface area contributed by atoms with Crippen LogP contribution < -0.4 is 5.73 Å². The summed E-state index contributed by atoms with van der Waals surface area (Å²) in [7, 11) is 0. The van der Waals surface area contributed by atoms with Crippen LogP contribution in [-0.4, -0.2) is 19.3 Å². The molecule has 2 heteroatoms. The lowest BCUT2D eigenvalue weighted by Crippen LogP contribution is -2.15. The van der Waals surface area contributed by atoms with Crippen LogP contribution in [0.2, 0.25) is 0 Å². The maximum Gasteiger partial charge on any atom is 0.0559 e. The van der Waals surface area contributed by atoms with Gasteiger partial charge >= 0.3 is 0 Å². The Morgan fingerprint density at radius 3 is 2.80 bits per heavy atom. The summed E-state index contributed by atoms with van der Waals surface area (Å²) in [5.41, 5.74) is 5.37. The molecule has 0 aromatic heterocycles. The zero-order chi connectivity index (χ0) is 7.40. The highest BCUT2D eigenvalue weighted by Gasteiger charge is 2.21. The molecule has 1 unspecified atom stereocenters. The molecular formula is C8H17NO. The molecule has 0 aromatic rings. The molecule has 1 saturated carbocycles. The van der Waals surface area contributed by atoms with Gasteiger partial charge in [0.1, 0.15) is 0 Å². The number of hydrogen-bond acceptors (Lipinski definition) is 2. The Labute approximate surface area is 62.7 Å². The molecule has 0 aromatic carbocycles. The van der Waals surface area contributed by atoms with Gasteiger partial charge in [0.25, 0.3) is 0 Å². The Morgan fingerprint density at radius 2 is 2.30 bits per heavy atom. The van der Waals surface area contributed by atoms with Gasteiger partial charge in [-0.05, 0) is 38.6 Å². The molecule has 2 nitrogen and oxygen atoms in total. The number of rotatable bonds is 5. The first kappa shape index (κ1) is 8.02. The van der Waals surface area contributed by atoms with Crippen LogP contribution >= 0.6 is 0 Å². The summed E-state index contributed by atoms with van der Waals surface area (Å²) < 4.78 is 5.53. The Kier molecular flexibility index (Phi) is 3.16. The van der Waals surface area contributed by atoms with Crippen molar-refractivity contribution in [2.45, 2.75) is 32.3 Å². The van der Waals surface area contributed by atoms with Gasteiger partial charge in [0, 0.05) is 6.61 Å². The van der Waals surface area contributed by atoms with Gasteiger partial charge in [0.05, 0.1) is 6.10 Å². The van der Waals surface area contributed by atoms with Crippen LogP contribution in [0.5, 0.6) is 0 Å². The van der Waals surface area contributed by atoms with Gasteiger partial charge in [-0.25, -0.2) is 0 Å². The molecule has 1 rings (SSSR count). The largest absolute Gasteiger partial charge is 0.378 e. The van der Waals surface area contributed by atoms with Crippen LogP contribution in [0.1, 0.15) is 26.2 Å². The number of ether oxygens (including phenoxy) is 1. The second-order valence-corrected chi connectivity index (χ2v) is 3.16. The van der Waals surface area contributed by atoms with Crippen molar-refractivity contribution in [1.82, 2.24) is 0 Å². The van der Waals surface area contributed by atoms with Crippen LogP contribution in [0.3, 0.4) is 0 Å². The molecule has 0 spiro atoms. The van der Waals surface area contributed by atoms with E-state index in [1.54, 1.807) is 0 Å². The summed E-state index contributed by atoms with van der Waals surface area (Å²) in [6.07, 6.45) is 4.10. The van der Waals surface area contributed by atoms with Gasteiger partial charge in [0.15, 0.2) is 0 Å². The van der Waals surface area contributed by atoms with E-state index in [0.29, 0.717) is 6.10 Å². The maximum absolute atomic E-state index is 5.53. The third kappa shape index (κ3) is 3.18. The van der Waals surface area contributed by atoms with Crippen molar-refractivity contribution in [3.8, 4) is 0 Å². The molecular weight excluding hydrogens is 126 g/mol. The average Bonchev–Trinajstić information content (AvgIpc) is 2.67. The molecule has 10 heavy (non-hydrogen) atoms. The van der Waals surface area contributed by atoms with Crippen LogP contribution in [-0.2, 0) is 4.74 Å². The van der Waals surface area contributed by atoms with E-state index < -0.39 is 0 Å². The fraction of sp³-hybridized carbons (Fsp3) is 1.00. The number of nitrogens with two attached hydrogens (primary N) is 1. The predicted molar refractivity (Wildman–Crippen MR) is 41.8 cm³/mol. The first-order chi connectivity index (χ1) is 4.83. The molecule has 1 aliphatic carbocycles. The highest BCUT2D eigenvalue weighted by atomic mass is 16.5. The third-order valence-corrected chi connectivity index (χ3v) is 1.89. The Morgan fingerprint density at radius 1 is 1.60 bits per heavy atom. The highest BCUT2D eigenvalue weighted by molar-refractivity contribution is 4.72. The third-order valence-electron chi connectivity index (χ3n) is 1.89. The fourth-order valence-electron chi connectivity index (χ4n) is 0.903. The summed E-state index contributed by atoms with van der Waals surface area (Å²) in [6, 6.07) is 0.